The van der Waals surface area contributed by atoms with Crippen molar-refractivity contribution in [3.8, 4) is 0 Å². The van der Waals surface area contributed by atoms with Gasteiger partial charge in [0.2, 0.25) is 0 Å². The van der Waals surface area contributed by atoms with Gasteiger partial charge < -0.3 is 33.8 Å². The van der Waals surface area contributed by atoms with Gasteiger partial charge in [0, 0.05) is 25.7 Å². The van der Waals surface area contributed by atoms with Crippen LogP contribution in [0, 0.1) is 23.7 Å². The summed E-state index contributed by atoms with van der Waals surface area (Å²) in [6.07, 6.45) is 42.0. The molecule has 0 aliphatic rings. The average molecular weight is 1310 g/mol. The Hall–Kier alpha value is -1.94. The van der Waals surface area contributed by atoms with E-state index < -0.39 is 97.5 Å². The number of aliphatic hydroxyl groups is 1. The van der Waals surface area contributed by atoms with E-state index in [0.717, 1.165) is 114 Å². The molecule has 2 unspecified atom stereocenters. The number of carbonyl (C=O) groups is 4. The zero-order valence-corrected chi connectivity index (χ0v) is 59.8. The molecule has 5 atom stereocenters. The molecule has 0 aromatic heterocycles. The number of aliphatic hydroxyl groups excluding tert-OH is 1. The minimum Gasteiger partial charge on any atom is -0.462 e. The van der Waals surface area contributed by atoms with E-state index in [-0.39, 0.29) is 25.7 Å². The molecule has 0 aliphatic carbocycles. The third kappa shape index (κ3) is 64.6. The summed E-state index contributed by atoms with van der Waals surface area (Å²) in [7, 11) is -9.90. The van der Waals surface area contributed by atoms with E-state index in [1.54, 1.807) is 0 Å². The summed E-state index contributed by atoms with van der Waals surface area (Å²) in [6.45, 7) is 14.0. The Kier molecular flexibility index (Phi) is 58.5. The Labute approximate surface area is 543 Å². The van der Waals surface area contributed by atoms with Crippen LogP contribution < -0.4 is 0 Å². The summed E-state index contributed by atoms with van der Waals surface area (Å²) >= 11 is 0. The monoisotopic (exact) mass is 1310 g/mol. The second-order valence-corrected chi connectivity index (χ2v) is 30.1. The first-order valence-corrected chi connectivity index (χ1v) is 39.2. The number of unbranched alkanes of at least 4 members (excludes halogenated alkanes) is 33. The molecule has 0 saturated carbocycles. The maximum absolute atomic E-state index is 13.0. The van der Waals surface area contributed by atoms with Gasteiger partial charge in [0.15, 0.2) is 12.2 Å². The van der Waals surface area contributed by atoms with E-state index in [1.807, 2.05) is 0 Å². The van der Waals surface area contributed by atoms with Crippen molar-refractivity contribution in [2.24, 2.45) is 23.7 Å². The van der Waals surface area contributed by atoms with E-state index >= 15 is 0 Å². The van der Waals surface area contributed by atoms with Crippen molar-refractivity contribution in [1.29, 1.82) is 0 Å². The lowest BCUT2D eigenvalue weighted by Gasteiger charge is -2.21. The van der Waals surface area contributed by atoms with E-state index in [1.165, 1.54) is 141 Å². The maximum atomic E-state index is 13.0. The molecule has 17 nitrogen and oxygen atoms in total. The van der Waals surface area contributed by atoms with Gasteiger partial charge in [-0.05, 0) is 49.4 Å². The normalized spacial score (nSPS) is 14.3. The zero-order chi connectivity index (χ0) is 66.1. The van der Waals surface area contributed by atoms with Gasteiger partial charge in [-0.25, -0.2) is 9.13 Å². The van der Waals surface area contributed by atoms with Gasteiger partial charge in [-0.15, -0.1) is 0 Å². The van der Waals surface area contributed by atoms with Crippen LogP contribution in [-0.2, 0) is 65.4 Å². The van der Waals surface area contributed by atoms with E-state index in [2.05, 4.69) is 55.4 Å². The lowest BCUT2D eigenvalue weighted by molar-refractivity contribution is -0.161. The van der Waals surface area contributed by atoms with Crippen LogP contribution in [0.3, 0.4) is 0 Å². The van der Waals surface area contributed by atoms with Gasteiger partial charge >= 0.3 is 39.5 Å². The summed E-state index contributed by atoms with van der Waals surface area (Å²) in [6, 6.07) is 0. The van der Waals surface area contributed by atoms with Crippen molar-refractivity contribution in [3.63, 3.8) is 0 Å². The fourth-order valence-electron chi connectivity index (χ4n) is 10.5. The highest BCUT2D eigenvalue weighted by atomic mass is 31.2. The van der Waals surface area contributed by atoms with Crippen molar-refractivity contribution in [3.05, 3.63) is 0 Å². The number of hydrogen-bond donors (Lipinski definition) is 3. The summed E-state index contributed by atoms with van der Waals surface area (Å²) in [5.74, 6) is 0.788. The number of phosphoric ester groups is 2. The number of ether oxygens (including phenoxy) is 4. The summed E-state index contributed by atoms with van der Waals surface area (Å²) in [4.78, 5) is 72.4. The molecule has 0 amide bonds. The van der Waals surface area contributed by atoms with Crippen LogP contribution in [-0.4, -0.2) is 96.7 Å². The molecule has 0 heterocycles. The molecule has 0 aliphatic heterocycles. The van der Waals surface area contributed by atoms with Gasteiger partial charge in [0.05, 0.1) is 26.4 Å². The lowest BCUT2D eigenvalue weighted by atomic mass is 10.0. The van der Waals surface area contributed by atoms with Crippen LogP contribution in [0.5, 0.6) is 0 Å². The Morgan fingerprint density at radius 1 is 0.281 bits per heavy atom. The van der Waals surface area contributed by atoms with Gasteiger partial charge in [-0.3, -0.25) is 37.3 Å². The molecule has 0 radical (unpaired) electrons. The minimum absolute atomic E-state index is 0.103. The number of phosphoric acid groups is 2. The highest BCUT2D eigenvalue weighted by Gasteiger charge is 2.30. The number of esters is 4. The fourth-order valence-corrected chi connectivity index (χ4v) is 12.1. The molecule has 0 bridgehead atoms. The van der Waals surface area contributed by atoms with Crippen molar-refractivity contribution >= 4 is 39.5 Å². The molecule has 3 N–H and O–H groups in total. The van der Waals surface area contributed by atoms with Crippen molar-refractivity contribution in [1.82, 2.24) is 0 Å². The van der Waals surface area contributed by atoms with Crippen molar-refractivity contribution in [2.75, 3.05) is 39.6 Å². The molecular formula is C70H136O17P2. The number of carbonyl (C=O) groups excluding carboxylic acids is 4. The van der Waals surface area contributed by atoms with Crippen LogP contribution >= 0.6 is 15.6 Å². The first-order valence-electron chi connectivity index (χ1n) is 36.2. The van der Waals surface area contributed by atoms with Crippen molar-refractivity contribution < 1.29 is 80.2 Å². The molecule has 89 heavy (non-hydrogen) atoms. The summed E-state index contributed by atoms with van der Waals surface area (Å²) < 4.78 is 68.2. The van der Waals surface area contributed by atoms with E-state index in [4.69, 9.17) is 37.0 Å². The topological polar surface area (TPSA) is 237 Å². The van der Waals surface area contributed by atoms with Crippen LogP contribution in [0.4, 0.5) is 0 Å². The SMILES string of the molecule is CC(C)CCCCCCCCCCCCCCCCCC(=O)OC[C@H](COP(=O)(O)OC[C@@H](O)COP(=O)(O)OC[C@@H](COC(=O)CCCCCCCCC(C)C)OC(=O)CCCCCCCCCCC(C)C)OC(=O)CCCCCCCCCCC(C)C. The first kappa shape index (κ1) is 87.1. The average Bonchev–Trinajstić information content (AvgIpc) is 3.50. The first-order chi connectivity index (χ1) is 42.6. The Balaban J connectivity index is 5.19. The van der Waals surface area contributed by atoms with Crippen LogP contribution in [0.2, 0.25) is 0 Å². The smallest absolute Gasteiger partial charge is 0.462 e. The molecule has 0 rings (SSSR count). The molecule has 0 spiro atoms. The Morgan fingerprint density at radius 2 is 0.472 bits per heavy atom. The van der Waals surface area contributed by atoms with Crippen molar-refractivity contribution in [2.45, 2.75) is 363 Å². The van der Waals surface area contributed by atoms with Crippen LogP contribution in [0.1, 0.15) is 344 Å². The molecule has 0 aromatic carbocycles. The Morgan fingerprint density at radius 3 is 0.697 bits per heavy atom. The fraction of sp³-hybridized carbons (Fsp3) is 0.943. The molecular weight excluding hydrogens is 1170 g/mol. The van der Waals surface area contributed by atoms with Crippen LogP contribution in [0.15, 0.2) is 0 Å². The predicted molar refractivity (Wildman–Crippen MR) is 358 cm³/mol. The standard InChI is InChI=1S/C70H136O17P2/c1-60(2)46-38-30-22-16-14-12-10-9-11-13-15-17-25-34-42-50-67(72)80-56-65(86-69(74)52-44-36-26-20-18-23-31-39-47-61(3)4)58-84-88(76,77)82-54-64(71)55-83-89(78,79)85-59-66(57-81-68(73)51-43-35-29-28-33-41-49-63(7)8)87-70(75)53-45-37-27-21-19-24-32-40-48-62(5)6/h60-66,71H,9-59H2,1-8H3,(H,76,77)(H,78,79)/t64-,65-,66-/m1/s1. The second kappa shape index (κ2) is 59.8. The van der Waals surface area contributed by atoms with Gasteiger partial charge in [-0.1, -0.05) is 293 Å². The van der Waals surface area contributed by atoms with Gasteiger partial charge in [-0.2, -0.15) is 0 Å². The maximum Gasteiger partial charge on any atom is 0.472 e. The predicted octanol–water partition coefficient (Wildman–Crippen LogP) is 19.7. The highest BCUT2D eigenvalue weighted by molar-refractivity contribution is 7.47. The van der Waals surface area contributed by atoms with E-state index in [9.17, 15) is 43.2 Å². The third-order valence-corrected chi connectivity index (χ3v) is 18.0. The molecule has 0 fully saturated rings. The summed E-state index contributed by atoms with van der Waals surface area (Å²) in [5, 5.41) is 10.6. The number of hydrogen-bond acceptors (Lipinski definition) is 15. The van der Waals surface area contributed by atoms with Gasteiger partial charge in [0.25, 0.3) is 0 Å². The molecule has 19 heteroatoms. The molecule has 0 aromatic rings. The quantitative estimate of drug-likeness (QED) is 0.0222. The molecule has 0 saturated heterocycles. The minimum atomic E-state index is -4.95. The molecule has 528 valence electrons. The van der Waals surface area contributed by atoms with Crippen LogP contribution in [0.25, 0.3) is 0 Å². The lowest BCUT2D eigenvalue weighted by Crippen LogP contribution is -2.30. The van der Waals surface area contributed by atoms with Gasteiger partial charge in [0.1, 0.15) is 19.3 Å². The third-order valence-electron chi connectivity index (χ3n) is 16.1. The summed E-state index contributed by atoms with van der Waals surface area (Å²) in [5.41, 5.74) is 0. The zero-order valence-electron chi connectivity index (χ0n) is 58.1. The Bertz CT molecular complexity index is 1760. The number of rotatable bonds is 67. The van der Waals surface area contributed by atoms with E-state index in [0.29, 0.717) is 31.6 Å². The highest BCUT2D eigenvalue weighted by Crippen LogP contribution is 2.45. The second-order valence-electron chi connectivity index (χ2n) is 27.2. The largest absolute Gasteiger partial charge is 0.472 e.